The van der Waals surface area contributed by atoms with Crippen LogP contribution in [0.1, 0.15) is 12.8 Å². The summed E-state index contributed by atoms with van der Waals surface area (Å²) in [6, 6.07) is 1.06. The molecule has 0 saturated carbocycles. The van der Waals surface area contributed by atoms with Gasteiger partial charge < -0.3 is 9.32 Å². The molecule has 1 saturated heterocycles. The Morgan fingerprint density at radius 2 is 2.50 bits per heavy atom. The third kappa shape index (κ3) is 1.98. The van der Waals surface area contributed by atoms with Gasteiger partial charge in [-0.1, -0.05) is 5.10 Å². The average molecular weight is 234 g/mol. The molecule has 6 heteroatoms. The van der Waals surface area contributed by atoms with Crippen LogP contribution in [0.3, 0.4) is 0 Å². The predicted molar refractivity (Wildman–Crippen MR) is 58.0 cm³/mol. The van der Waals surface area contributed by atoms with E-state index in [1.54, 1.807) is 0 Å². The maximum absolute atomic E-state index is 5.60. The summed E-state index contributed by atoms with van der Waals surface area (Å²) in [7, 11) is 0. The van der Waals surface area contributed by atoms with Gasteiger partial charge in [0.25, 0.3) is 0 Å². The summed E-state index contributed by atoms with van der Waals surface area (Å²) < 4.78 is 5.41. The van der Waals surface area contributed by atoms with Gasteiger partial charge in [0.2, 0.25) is 5.89 Å². The van der Waals surface area contributed by atoms with Gasteiger partial charge in [-0.25, -0.2) is 0 Å². The second-order valence-electron chi connectivity index (χ2n) is 3.23. The largest absolute Gasteiger partial charge is 0.407 e. The fourth-order valence-electron chi connectivity index (χ4n) is 1.43. The smallest absolute Gasteiger partial charge is 0.318 e. The van der Waals surface area contributed by atoms with Crippen LogP contribution in [0.2, 0.25) is 0 Å². The number of rotatable bonds is 2. The zero-order valence-corrected chi connectivity index (χ0v) is 9.51. The van der Waals surface area contributed by atoms with Gasteiger partial charge in [-0.05, 0) is 6.92 Å². The first-order chi connectivity index (χ1) is 6.81. The first-order valence-corrected chi connectivity index (χ1v) is 6.23. The van der Waals surface area contributed by atoms with Gasteiger partial charge >= 0.3 is 6.01 Å². The Labute approximate surface area is 92.0 Å². The van der Waals surface area contributed by atoms with E-state index in [0.29, 0.717) is 17.9 Å². The summed E-state index contributed by atoms with van der Waals surface area (Å²) in [5.41, 5.74) is 0. The van der Waals surface area contributed by atoms with E-state index in [-0.39, 0.29) is 5.88 Å². The second-order valence-corrected chi connectivity index (χ2v) is 4.65. The lowest BCUT2D eigenvalue weighted by molar-refractivity contribution is 0.487. The van der Waals surface area contributed by atoms with E-state index in [4.69, 9.17) is 16.0 Å². The molecule has 0 radical (unpaired) electrons. The molecule has 1 atom stereocenters. The van der Waals surface area contributed by atoms with Crippen LogP contribution < -0.4 is 4.90 Å². The molecule has 4 nitrogen and oxygen atoms in total. The molecule has 1 aromatic heterocycles. The van der Waals surface area contributed by atoms with Crippen molar-refractivity contribution in [1.82, 2.24) is 10.2 Å². The molecule has 0 aliphatic carbocycles. The first-order valence-electron chi connectivity index (χ1n) is 4.54. The molecule has 14 heavy (non-hydrogen) atoms. The van der Waals surface area contributed by atoms with Crippen molar-refractivity contribution in [3.05, 3.63) is 5.89 Å². The molecule has 0 spiro atoms. The molecule has 0 N–H and O–H groups in total. The van der Waals surface area contributed by atoms with Gasteiger partial charge in [0.05, 0.1) is 0 Å². The minimum Gasteiger partial charge on any atom is -0.407 e. The molecule has 1 unspecified atom stereocenters. The van der Waals surface area contributed by atoms with E-state index in [9.17, 15) is 0 Å². The molecule has 2 heterocycles. The van der Waals surface area contributed by atoms with Gasteiger partial charge in [-0.2, -0.15) is 11.8 Å². The molecule has 1 fully saturated rings. The fourth-order valence-corrected chi connectivity index (χ4v) is 2.55. The van der Waals surface area contributed by atoms with E-state index in [2.05, 4.69) is 22.0 Å². The number of hydrogen-bond donors (Lipinski definition) is 0. The molecule has 0 aromatic carbocycles. The first kappa shape index (κ1) is 10.1. The van der Waals surface area contributed by atoms with E-state index >= 15 is 0 Å². The van der Waals surface area contributed by atoms with Crippen LogP contribution in [0.25, 0.3) is 0 Å². The lowest BCUT2D eigenvalue weighted by atomic mass is 10.3. The minimum atomic E-state index is 0.282. The van der Waals surface area contributed by atoms with Gasteiger partial charge in [-0.3, -0.25) is 0 Å². The summed E-state index contributed by atoms with van der Waals surface area (Å²) >= 11 is 7.55. The van der Waals surface area contributed by atoms with Crippen molar-refractivity contribution in [3.8, 4) is 0 Å². The average Bonchev–Trinajstić information content (AvgIpc) is 2.67. The molecule has 0 amide bonds. The van der Waals surface area contributed by atoms with Crippen LogP contribution in [-0.4, -0.2) is 34.3 Å². The standard InChI is InChI=1S/C8H12ClN3OS/c1-6-5-14-3-2-12(6)8-11-10-7(4-9)13-8/h6H,2-5H2,1H3. The van der Waals surface area contributed by atoms with Gasteiger partial charge in [0, 0.05) is 24.1 Å². The Hall–Kier alpha value is -0.420. The Morgan fingerprint density at radius 1 is 1.64 bits per heavy atom. The number of halogens is 1. The Bertz CT molecular complexity index is 307. The summed E-state index contributed by atoms with van der Waals surface area (Å²) in [4.78, 5) is 2.14. The van der Waals surface area contributed by atoms with Crippen molar-refractivity contribution < 1.29 is 4.42 Å². The van der Waals surface area contributed by atoms with Crippen LogP contribution in [-0.2, 0) is 5.88 Å². The normalized spacial score (nSPS) is 22.7. The lowest BCUT2D eigenvalue weighted by Gasteiger charge is -2.31. The van der Waals surface area contributed by atoms with Crippen molar-refractivity contribution in [2.45, 2.75) is 18.8 Å². The van der Waals surface area contributed by atoms with Crippen LogP contribution in [0.5, 0.6) is 0 Å². The van der Waals surface area contributed by atoms with Crippen molar-refractivity contribution in [2.24, 2.45) is 0 Å². The van der Waals surface area contributed by atoms with E-state index in [1.165, 1.54) is 0 Å². The van der Waals surface area contributed by atoms with Crippen LogP contribution in [0.4, 0.5) is 6.01 Å². The molecule has 78 valence electrons. The molecular weight excluding hydrogens is 222 g/mol. The van der Waals surface area contributed by atoms with E-state index in [1.807, 2.05) is 11.8 Å². The van der Waals surface area contributed by atoms with Crippen molar-refractivity contribution >= 4 is 29.4 Å². The summed E-state index contributed by atoms with van der Waals surface area (Å²) in [5.74, 6) is 3.00. The van der Waals surface area contributed by atoms with Crippen molar-refractivity contribution in [2.75, 3.05) is 23.0 Å². The highest BCUT2D eigenvalue weighted by Gasteiger charge is 2.23. The van der Waals surface area contributed by atoms with Gasteiger partial charge in [0.1, 0.15) is 5.88 Å². The summed E-state index contributed by atoms with van der Waals surface area (Å²) in [6.07, 6.45) is 0. The zero-order valence-electron chi connectivity index (χ0n) is 7.94. The number of hydrogen-bond acceptors (Lipinski definition) is 5. The quantitative estimate of drug-likeness (QED) is 0.728. The second kappa shape index (κ2) is 4.40. The van der Waals surface area contributed by atoms with Crippen LogP contribution in [0, 0.1) is 0 Å². The van der Waals surface area contributed by atoms with Gasteiger partial charge in [-0.15, -0.1) is 16.7 Å². The fraction of sp³-hybridized carbons (Fsp3) is 0.750. The lowest BCUT2D eigenvalue weighted by Crippen LogP contribution is -2.40. The monoisotopic (exact) mass is 233 g/mol. The number of thioether (sulfide) groups is 1. The Balaban J connectivity index is 2.12. The van der Waals surface area contributed by atoms with Crippen molar-refractivity contribution in [1.29, 1.82) is 0 Å². The number of aromatic nitrogens is 2. The van der Waals surface area contributed by atoms with E-state index in [0.717, 1.165) is 18.1 Å². The van der Waals surface area contributed by atoms with E-state index < -0.39 is 0 Å². The Morgan fingerprint density at radius 3 is 3.14 bits per heavy atom. The van der Waals surface area contributed by atoms with Crippen LogP contribution in [0.15, 0.2) is 4.42 Å². The SMILES string of the molecule is CC1CSCCN1c1nnc(CCl)o1. The molecule has 2 rings (SSSR count). The maximum atomic E-state index is 5.60. The minimum absolute atomic E-state index is 0.282. The number of nitrogens with zero attached hydrogens (tertiary/aromatic N) is 3. The summed E-state index contributed by atoms with van der Waals surface area (Å²) in [6.45, 7) is 3.13. The topological polar surface area (TPSA) is 42.2 Å². The highest BCUT2D eigenvalue weighted by molar-refractivity contribution is 7.99. The molecule has 0 bridgehead atoms. The van der Waals surface area contributed by atoms with Crippen molar-refractivity contribution in [3.63, 3.8) is 0 Å². The van der Waals surface area contributed by atoms with Gasteiger partial charge in [0.15, 0.2) is 0 Å². The highest BCUT2D eigenvalue weighted by atomic mass is 35.5. The number of anilines is 1. The highest BCUT2D eigenvalue weighted by Crippen LogP contribution is 2.22. The molecule has 1 aromatic rings. The maximum Gasteiger partial charge on any atom is 0.318 e. The molecule has 1 aliphatic heterocycles. The Kier molecular flexibility index (Phi) is 3.18. The number of alkyl halides is 1. The summed E-state index contributed by atoms with van der Waals surface area (Å²) in [5, 5.41) is 7.82. The zero-order chi connectivity index (χ0) is 9.97. The van der Waals surface area contributed by atoms with Crippen LogP contribution >= 0.6 is 23.4 Å². The third-order valence-electron chi connectivity index (χ3n) is 2.18. The third-order valence-corrected chi connectivity index (χ3v) is 3.60. The molecular formula is C8H12ClN3OS. The molecule has 1 aliphatic rings. The predicted octanol–water partition coefficient (Wildman–Crippen LogP) is 1.75.